The van der Waals surface area contributed by atoms with Crippen LogP contribution in [0.25, 0.3) is 0 Å². The third-order valence-corrected chi connectivity index (χ3v) is 1.90. The Hall–Kier alpha value is -1.56. The molecule has 0 radical (unpaired) electrons. The second-order valence-corrected chi connectivity index (χ2v) is 3.65. The summed E-state index contributed by atoms with van der Waals surface area (Å²) in [6.07, 6.45) is 9.76. The number of allylic oxidation sites excluding steroid dienone is 9. The maximum absolute atomic E-state index is 3.96. The van der Waals surface area contributed by atoms with Crippen LogP contribution in [0.2, 0.25) is 0 Å². The highest BCUT2D eigenvalue weighted by Crippen LogP contribution is 2.16. The highest BCUT2D eigenvalue weighted by molar-refractivity contribution is 5.45. The summed E-state index contributed by atoms with van der Waals surface area (Å²) in [5, 5.41) is 0. The summed E-state index contributed by atoms with van der Waals surface area (Å²) < 4.78 is 0. The van der Waals surface area contributed by atoms with Gasteiger partial charge in [0.1, 0.15) is 0 Å². The average Bonchev–Trinajstić information content (AvgIpc) is 2.14. The van der Waals surface area contributed by atoms with Gasteiger partial charge in [0.15, 0.2) is 0 Å². The quantitative estimate of drug-likeness (QED) is 0.562. The van der Waals surface area contributed by atoms with E-state index < -0.39 is 0 Å². The van der Waals surface area contributed by atoms with Crippen LogP contribution in [0.3, 0.4) is 0 Å². The molecule has 0 unspecified atom stereocenters. The molecular weight excluding hydrogens is 180 g/mol. The Morgan fingerprint density at radius 3 is 1.93 bits per heavy atom. The first-order valence-electron chi connectivity index (χ1n) is 4.98. The lowest BCUT2D eigenvalue weighted by atomic mass is 10.0. The second-order valence-electron chi connectivity index (χ2n) is 3.65. The van der Waals surface area contributed by atoms with E-state index in [2.05, 4.69) is 32.7 Å². The van der Waals surface area contributed by atoms with Crippen molar-refractivity contribution in [1.29, 1.82) is 0 Å². The number of rotatable bonds is 5. The lowest BCUT2D eigenvalue weighted by Crippen LogP contribution is -1.84. The lowest BCUT2D eigenvalue weighted by molar-refractivity contribution is 1.35. The normalized spacial score (nSPS) is 13.0. The molecule has 0 atom stereocenters. The largest absolute Gasteiger partial charge is 0.0991 e. The molecule has 0 heterocycles. The minimum absolute atomic E-state index is 1.04. The van der Waals surface area contributed by atoms with Crippen LogP contribution < -0.4 is 0 Å². The summed E-state index contributed by atoms with van der Waals surface area (Å²) in [5.41, 5.74) is 4.43. The van der Waals surface area contributed by atoms with E-state index in [1.165, 1.54) is 5.57 Å². The molecule has 0 saturated carbocycles. The molecule has 0 aliphatic carbocycles. The van der Waals surface area contributed by atoms with Crippen molar-refractivity contribution >= 4 is 0 Å². The van der Waals surface area contributed by atoms with Crippen LogP contribution in [-0.4, -0.2) is 0 Å². The van der Waals surface area contributed by atoms with E-state index in [0.29, 0.717) is 0 Å². The molecule has 0 rings (SSSR count). The SMILES string of the molecule is C=C\C=C/C(C(=C)C)=C(C)/C=C\C(=C)C. The first kappa shape index (κ1) is 13.4. The van der Waals surface area contributed by atoms with Gasteiger partial charge in [0, 0.05) is 0 Å². The molecule has 0 spiro atoms. The molecule has 0 aromatic carbocycles. The summed E-state index contributed by atoms with van der Waals surface area (Å²) in [6, 6.07) is 0. The van der Waals surface area contributed by atoms with Gasteiger partial charge >= 0.3 is 0 Å². The molecule has 0 heteroatoms. The molecule has 0 nitrogen and oxygen atoms in total. The monoisotopic (exact) mass is 200 g/mol. The maximum Gasteiger partial charge on any atom is -0.0204 e. The minimum Gasteiger partial charge on any atom is -0.0991 e. The first-order valence-corrected chi connectivity index (χ1v) is 4.98. The van der Waals surface area contributed by atoms with Gasteiger partial charge in [-0.3, -0.25) is 0 Å². The standard InChI is InChI=1S/C15H20/c1-7-8-9-15(13(4)5)14(6)11-10-12(2)3/h7-11H,1-2,4H2,3,5-6H3/b9-8-,11-10-,15-14-. The Morgan fingerprint density at radius 1 is 0.933 bits per heavy atom. The van der Waals surface area contributed by atoms with Gasteiger partial charge in [0.2, 0.25) is 0 Å². The fraction of sp³-hybridized carbons (Fsp3) is 0.200. The van der Waals surface area contributed by atoms with Crippen molar-refractivity contribution < 1.29 is 0 Å². The Labute approximate surface area is 93.7 Å². The zero-order chi connectivity index (χ0) is 11.8. The third-order valence-electron chi connectivity index (χ3n) is 1.90. The maximum atomic E-state index is 3.96. The highest BCUT2D eigenvalue weighted by atomic mass is 14.0. The van der Waals surface area contributed by atoms with E-state index in [9.17, 15) is 0 Å². The number of hydrogen-bond donors (Lipinski definition) is 0. The van der Waals surface area contributed by atoms with E-state index >= 15 is 0 Å². The summed E-state index contributed by atoms with van der Waals surface area (Å²) in [4.78, 5) is 0. The molecule has 0 aromatic heterocycles. The smallest absolute Gasteiger partial charge is 0.0204 e. The van der Waals surface area contributed by atoms with Gasteiger partial charge < -0.3 is 0 Å². The summed E-state index contributed by atoms with van der Waals surface area (Å²) in [6.45, 7) is 17.5. The molecule has 0 aliphatic heterocycles. The van der Waals surface area contributed by atoms with E-state index in [1.54, 1.807) is 6.08 Å². The average molecular weight is 200 g/mol. The minimum atomic E-state index is 1.04. The lowest BCUT2D eigenvalue weighted by Gasteiger charge is -2.04. The predicted molar refractivity (Wildman–Crippen MR) is 70.8 cm³/mol. The van der Waals surface area contributed by atoms with Crippen molar-refractivity contribution in [3.05, 3.63) is 72.4 Å². The molecule has 0 fully saturated rings. The first-order chi connectivity index (χ1) is 6.99. The van der Waals surface area contributed by atoms with Crippen molar-refractivity contribution in [2.75, 3.05) is 0 Å². The molecule has 0 aliphatic rings. The van der Waals surface area contributed by atoms with Crippen LogP contribution >= 0.6 is 0 Å². The molecule has 0 N–H and O–H groups in total. The highest BCUT2D eigenvalue weighted by Gasteiger charge is 1.96. The van der Waals surface area contributed by atoms with Crippen LogP contribution in [0.5, 0.6) is 0 Å². The van der Waals surface area contributed by atoms with Crippen molar-refractivity contribution in [3.8, 4) is 0 Å². The van der Waals surface area contributed by atoms with Crippen molar-refractivity contribution in [2.24, 2.45) is 0 Å². The predicted octanol–water partition coefficient (Wildman–Crippen LogP) is 4.75. The summed E-state index contributed by atoms with van der Waals surface area (Å²) >= 11 is 0. The van der Waals surface area contributed by atoms with Crippen LogP contribution in [-0.2, 0) is 0 Å². The van der Waals surface area contributed by atoms with Crippen LogP contribution in [0, 0.1) is 0 Å². The van der Waals surface area contributed by atoms with Gasteiger partial charge in [-0.1, -0.05) is 61.3 Å². The zero-order valence-electron chi connectivity index (χ0n) is 10.0. The van der Waals surface area contributed by atoms with Crippen molar-refractivity contribution in [2.45, 2.75) is 20.8 Å². The third kappa shape index (κ3) is 5.69. The van der Waals surface area contributed by atoms with Crippen LogP contribution in [0.1, 0.15) is 20.8 Å². The molecule has 0 aromatic rings. The Bertz CT molecular complexity index is 346. The fourth-order valence-electron chi connectivity index (χ4n) is 1.13. The summed E-state index contributed by atoms with van der Waals surface area (Å²) in [7, 11) is 0. The second kappa shape index (κ2) is 6.83. The van der Waals surface area contributed by atoms with Crippen LogP contribution in [0.15, 0.2) is 72.4 Å². The van der Waals surface area contributed by atoms with E-state index in [4.69, 9.17) is 0 Å². The molecule has 0 amide bonds. The topological polar surface area (TPSA) is 0 Å². The fourth-order valence-corrected chi connectivity index (χ4v) is 1.13. The zero-order valence-corrected chi connectivity index (χ0v) is 10.0. The van der Waals surface area contributed by atoms with Crippen LogP contribution in [0.4, 0.5) is 0 Å². The van der Waals surface area contributed by atoms with Gasteiger partial charge in [-0.25, -0.2) is 0 Å². The summed E-state index contributed by atoms with van der Waals surface area (Å²) in [5.74, 6) is 0. The Kier molecular flexibility index (Phi) is 6.12. The molecular formula is C15H20. The van der Waals surface area contributed by atoms with Gasteiger partial charge in [-0.15, -0.1) is 0 Å². The van der Waals surface area contributed by atoms with Gasteiger partial charge in [0.05, 0.1) is 0 Å². The van der Waals surface area contributed by atoms with Crippen molar-refractivity contribution in [3.63, 3.8) is 0 Å². The van der Waals surface area contributed by atoms with E-state index in [0.717, 1.165) is 16.7 Å². The molecule has 0 saturated heterocycles. The molecule has 0 bridgehead atoms. The van der Waals surface area contributed by atoms with E-state index in [-0.39, 0.29) is 0 Å². The Balaban J connectivity index is 5.08. The van der Waals surface area contributed by atoms with Crippen molar-refractivity contribution in [1.82, 2.24) is 0 Å². The van der Waals surface area contributed by atoms with E-state index in [1.807, 2.05) is 32.1 Å². The number of hydrogen-bond acceptors (Lipinski definition) is 0. The molecule has 80 valence electrons. The van der Waals surface area contributed by atoms with Gasteiger partial charge in [-0.05, 0) is 31.9 Å². The Morgan fingerprint density at radius 2 is 1.53 bits per heavy atom. The molecule has 15 heavy (non-hydrogen) atoms. The van der Waals surface area contributed by atoms with Gasteiger partial charge in [-0.2, -0.15) is 0 Å². The van der Waals surface area contributed by atoms with Gasteiger partial charge in [0.25, 0.3) is 0 Å².